The molecule has 0 heterocycles. The van der Waals surface area contributed by atoms with E-state index in [1.54, 1.807) is 18.2 Å². The molecule has 1 aromatic carbocycles. The average Bonchev–Trinajstić information content (AvgIpc) is 2.15. The summed E-state index contributed by atoms with van der Waals surface area (Å²) in [5, 5.41) is 0. The second kappa shape index (κ2) is 2.85. The zero-order valence-electron chi connectivity index (χ0n) is 6.65. The van der Waals surface area contributed by atoms with Crippen LogP contribution < -0.4 is 0 Å². The summed E-state index contributed by atoms with van der Waals surface area (Å²) >= 11 is 4.13. The van der Waals surface area contributed by atoms with Crippen molar-refractivity contribution in [1.29, 1.82) is 0 Å². The van der Waals surface area contributed by atoms with Gasteiger partial charge in [0.1, 0.15) is 0 Å². The fourth-order valence-electron chi connectivity index (χ4n) is 1.30. The highest BCUT2D eigenvalue weighted by atomic mass is 32.1. The third kappa shape index (κ3) is 1.21. The lowest BCUT2D eigenvalue weighted by atomic mass is 9.95. The summed E-state index contributed by atoms with van der Waals surface area (Å²) in [6.45, 7) is 0. The molecule has 1 aromatic rings. The Morgan fingerprint density at radius 2 is 1.62 bits per heavy atom. The largest absolute Gasteiger partial charge is 0.286 e. The summed E-state index contributed by atoms with van der Waals surface area (Å²) in [6, 6.07) is 6.96. The van der Waals surface area contributed by atoms with Crippen LogP contribution in [-0.2, 0) is 4.79 Å². The molecule has 64 valence electrons. The van der Waals surface area contributed by atoms with Gasteiger partial charge in [0.15, 0.2) is 0 Å². The number of allylic oxidation sites excluding steroid dienone is 1. The van der Waals surface area contributed by atoms with E-state index in [4.69, 9.17) is 0 Å². The quantitative estimate of drug-likeness (QED) is 0.499. The van der Waals surface area contributed by atoms with Gasteiger partial charge in [-0.15, -0.1) is 12.6 Å². The zero-order valence-corrected chi connectivity index (χ0v) is 7.54. The molecule has 0 aliphatic heterocycles. The van der Waals surface area contributed by atoms with Crippen molar-refractivity contribution in [3.63, 3.8) is 0 Å². The van der Waals surface area contributed by atoms with Gasteiger partial charge in [0.05, 0.1) is 0 Å². The van der Waals surface area contributed by atoms with Gasteiger partial charge in [0, 0.05) is 16.5 Å². The van der Waals surface area contributed by atoms with Crippen molar-refractivity contribution in [3.8, 4) is 0 Å². The minimum absolute atomic E-state index is 0.444. The van der Waals surface area contributed by atoms with Crippen molar-refractivity contribution in [2.24, 2.45) is 0 Å². The van der Waals surface area contributed by atoms with Gasteiger partial charge >= 0.3 is 0 Å². The first-order valence-corrected chi connectivity index (χ1v) is 4.23. The van der Waals surface area contributed by atoms with Crippen LogP contribution in [0.15, 0.2) is 30.3 Å². The lowest BCUT2D eigenvalue weighted by Crippen LogP contribution is -2.17. The maximum Gasteiger partial charge on any atom is 0.233 e. The minimum Gasteiger partial charge on any atom is -0.286 e. The molecule has 0 unspecified atom stereocenters. The van der Waals surface area contributed by atoms with Crippen molar-refractivity contribution in [1.82, 2.24) is 0 Å². The molecule has 0 radical (unpaired) electrons. The van der Waals surface area contributed by atoms with E-state index < -0.39 is 11.6 Å². The van der Waals surface area contributed by atoms with Gasteiger partial charge in [-0.1, -0.05) is 24.3 Å². The molecule has 0 saturated heterocycles. The smallest absolute Gasteiger partial charge is 0.233 e. The molecule has 2 rings (SSSR count). The second-order valence-corrected chi connectivity index (χ2v) is 3.25. The molecule has 0 aromatic heterocycles. The van der Waals surface area contributed by atoms with Gasteiger partial charge in [0.2, 0.25) is 11.6 Å². The number of benzene rings is 1. The Bertz CT molecular complexity index is 432. The van der Waals surface area contributed by atoms with E-state index in [2.05, 4.69) is 12.6 Å². The Morgan fingerprint density at radius 3 is 2.31 bits per heavy atom. The second-order valence-electron chi connectivity index (χ2n) is 2.77. The lowest BCUT2D eigenvalue weighted by Gasteiger charge is -2.11. The van der Waals surface area contributed by atoms with Crippen LogP contribution in [0.3, 0.4) is 0 Å². The van der Waals surface area contributed by atoms with Crippen LogP contribution in [0.2, 0.25) is 0 Å². The van der Waals surface area contributed by atoms with Crippen LogP contribution in [-0.4, -0.2) is 11.6 Å². The zero-order chi connectivity index (χ0) is 9.42. The van der Waals surface area contributed by atoms with Crippen LogP contribution in [0.25, 0.3) is 4.91 Å². The molecular formula is C10H6O2S. The highest BCUT2D eigenvalue weighted by molar-refractivity contribution is 7.90. The monoisotopic (exact) mass is 190 g/mol. The summed E-state index contributed by atoms with van der Waals surface area (Å²) < 4.78 is 0. The van der Waals surface area contributed by atoms with Gasteiger partial charge in [-0.05, 0) is 5.56 Å². The summed E-state index contributed by atoms with van der Waals surface area (Å²) in [5.74, 6) is -0.947. The van der Waals surface area contributed by atoms with Crippen LogP contribution in [0.4, 0.5) is 0 Å². The Hall–Kier alpha value is -1.35. The van der Waals surface area contributed by atoms with Crippen molar-refractivity contribution < 1.29 is 9.59 Å². The van der Waals surface area contributed by atoms with Gasteiger partial charge in [0.25, 0.3) is 0 Å². The molecule has 1 aliphatic carbocycles. The third-order valence-electron chi connectivity index (χ3n) is 1.94. The Balaban J connectivity index is 2.72. The van der Waals surface area contributed by atoms with Crippen LogP contribution in [0.5, 0.6) is 0 Å². The molecule has 0 bridgehead atoms. The maximum atomic E-state index is 11.3. The molecule has 0 amide bonds. The number of hydrogen-bond donors (Lipinski definition) is 1. The van der Waals surface area contributed by atoms with Crippen LogP contribution in [0.1, 0.15) is 15.9 Å². The Labute approximate surface area is 80.7 Å². The molecule has 0 saturated carbocycles. The molecular weight excluding hydrogens is 184 g/mol. The van der Waals surface area contributed by atoms with Gasteiger partial charge in [-0.3, -0.25) is 9.59 Å². The van der Waals surface area contributed by atoms with Crippen LogP contribution in [0, 0.1) is 0 Å². The number of thiol groups is 1. The molecule has 3 heteroatoms. The number of ketones is 2. The van der Waals surface area contributed by atoms with Crippen LogP contribution >= 0.6 is 12.6 Å². The molecule has 13 heavy (non-hydrogen) atoms. The number of fused-ring (bicyclic) bond motifs is 1. The van der Waals surface area contributed by atoms with E-state index in [-0.39, 0.29) is 0 Å². The molecule has 2 nitrogen and oxygen atoms in total. The number of rotatable bonds is 0. The molecule has 0 fully saturated rings. The molecule has 0 N–H and O–H groups in total. The standard InChI is InChI=1S/C10H6O2S/c11-8-5-9(13)6-3-1-2-4-7(6)10(8)12/h1-5,13H. The summed E-state index contributed by atoms with van der Waals surface area (Å²) in [6.07, 6.45) is 1.26. The van der Waals surface area contributed by atoms with E-state index in [1.807, 2.05) is 6.07 Å². The first kappa shape index (κ1) is 8.26. The van der Waals surface area contributed by atoms with Crippen molar-refractivity contribution in [2.45, 2.75) is 0 Å². The fraction of sp³-hybridized carbons (Fsp3) is 0. The molecule has 1 aliphatic rings. The van der Waals surface area contributed by atoms with E-state index >= 15 is 0 Å². The van der Waals surface area contributed by atoms with Gasteiger partial charge in [-0.2, -0.15) is 0 Å². The maximum absolute atomic E-state index is 11.3. The summed E-state index contributed by atoms with van der Waals surface area (Å²) in [5.41, 5.74) is 1.18. The van der Waals surface area contributed by atoms with Crippen molar-refractivity contribution in [3.05, 3.63) is 41.5 Å². The van der Waals surface area contributed by atoms with Gasteiger partial charge < -0.3 is 0 Å². The van der Waals surface area contributed by atoms with E-state index in [9.17, 15) is 9.59 Å². The topological polar surface area (TPSA) is 34.1 Å². The predicted molar refractivity (Wildman–Crippen MR) is 52.7 cm³/mol. The fourth-order valence-corrected chi connectivity index (χ4v) is 1.62. The highest BCUT2D eigenvalue weighted by Crippen LogP contribution is 2.26. The predicted octanol–water partition coefficient (Wildman–Crippen LogP) is 1.72. The van der Waals surface area contributed by atoms with E-state index in [1.165, 1.54) is 6.08 Å². The Kier molecular flexibility index (Phi) is 1.81. The normalized spacial score (nSPS) is 15.3. The first-order chi connectivity index (χ1) is 6.20. The van der Waals surface area contributed by atoms with E-state index in [0.29, 0.717) is 10.5 Å². The number of hydrogen-bond acceptors (Lipinski definition) is 3. The average molecular weight is 190 g/mol. The summed E-state index contributed by atoms with van der Waals surface area (Å²) in [4.78, 5) is 23.0. The molecule has 0 spiro atoms. The summed E-state index contributed by atoms with van der Waals surface area (Å²) in [7, 11) is 0. The minimum atomic E-state index is -0.497. The first-order valence-electron chi connectivity index (χ1n) is 3.79. The molecule has 0 atom stereocenters. The van der Waals surface area contributed by atoms with Crippen molar-refractivity contribution >= 4 is 29.1 Å². The number of carbonyl (C=O) groups is 2. The lowest BCUT2D eigenvalue weighted by molar-refractivity contribution is -0.110. The number of carbonyl (C=O) groups excluding carboxylic acids is 2. The third-order valence-corrected chi connectivity index (χ3v) is 2.31. The Morgan fingerprint density at radius 1 is 1.00 bits per heavy atom. The van der Waals surface area contributed by atoms with Crippen molar-refractivity contribution in [2.75, 3.05) is 0 Å². The number of Topliss-reactive ketones (excluding diaryl/α,β-unsaturated/α-hetero) is 1. The highest BCUT2D eigenvalue weighted by Gasteiger charge is 2.23. The van der Waals surface area contributed by atoms with Gasteiger partial charge in [-0.25, -0.2) is 0 Å². The van der Waals surface area contributed by atoms with E-state index in [0.717, 1.165) is 5.56 Å². The SMILES string of the molecule is O=C1C=C(S)c2ccccc2C1=O.